The van der Waals surface area contributed by atoms with E-state index in [1.165, 1.54) is 19.3 Å². The lowest BCUT2D eigenvalue weighted by atomic mass is 9.87. The summed E-state index contributed by atoms with van der Waals surface area (Å²) in [6.07, 6.45) is 10.9. The molecule has 0 bridgehead atoms. The van der Waals surface area contributed by atoms with Crippen LogP contribution in [0.1, 0.15) is 44.9 Å². The average molecular weight is 221 g/mol. The molecular formula is C13H23N3. The minimum Gasteiger partial charge on any atom is -0.338 e. The van der Waals surface area contributed by atoms with Crippen molar-refractivity contribution in [2.24, 2.45) is 18.7 Å². The fourth-order valence-electron chi connectivity index (χ4n) is 2.66. The minimum absolute atomic E-state index is 0.0239. The lowest BCUT2D eigenvalue weighted by Gasteiger charge is -2.27. The van der Waals surface area contributed by atoms with E-state index in [4.69, 9.17) is 5.73 Å². The van der Waals surface area contributed by atoms with E-state index < -0.39 is 0 Å². The van der Waals surface area contributed by atoms with Gasteiger partial charge in [-0.3, -0.25) is 0 Å². The number of aryl methyl sites for hydroxylation is 1. The van der Waals surface area contributed by atoms with E-state index in [0.717, 1.165) is 31.0 Å². The van der Waals surface area contributed by atoms with Crippen LogP contribution in [0.15, 0.2) is 12.4 Å². The molecular weight excluding hydrogens is 198 g/mol. The van der Waals surface area contributed by atoms with E-state index >= 15 is 0 Å². The van der Waals surface area contributed by atoms with Crippen LogP contribution in [0.2, 0.25) is 0 Å². The molecule has 2 rings (SSSR count). The Labute approximate surface area is 98.1 Å². The van der Waals surface area contributed by atoms with E-state index in [1.54, 1.807) is 0 Å². The molecule has 1 aliphatic carbocycles. The molecule has 3 heteroatoms. The summed E-state index contributed by atoms with van der Waals surface area (Å²) < 4.78 is 2.09. The molecule has 2 N–H and O–H groups in total. The lowest BCUT2D eigenvalue weighted by molar-refractivity contribution is 0.353. The highest BCUT2D eigenvalue weighted by Crippen LogP contribution is 2.30. The molecule has 0 amide bonds. The molecule has 0 saturated heterocycles. The zero-order valence-electron chi connectivity index (χ0n) is 10.4. The summed E-state index contributed by atoms with van der Waals surface area (Å²) in [5.74, 6) is 1.96. The molecule has 3 nitrogen and oxygen atoms in total. The Hall–Kier alpha value is -0.830. The van der Waals surface area contributed by atoms with Crippen molar-refractivity contribution in [3.63, 3.8) is 0 Å². The molecule has 1 aliphatic rings. The molecule has 1 aromatic rings. The minimum atomic E-state index is -0.0239. The molecule has 0 aliphatic heterocycles. The van der Waals surface area contributed by atoms with Crippen LogP contribution in [-0.2, 0) is 13.5 Å². The second kappa shape index (κ2) is 4.58. The van der Waals surface area contributed by atoms with Crippen molar-refractivity contribution >= 4 is 0 Å². The molecule has 0 aromatic carbocycles. The molecule has 2 unspecified atom stereocenters. The maximum absolute atomic E-state index is 6.53. The quantitative estimate of drug-likeness (QED) is 0.778. The van der Waals surface area contributed by atoms with Crippen molar-refractivity contribution in [1.82, 2.24) is 9.55 Å². The van der Waals surface area contributed by atoms with Crippen LogP contribution in [-0.4, -0.2) is 15.1 Å². The fourth-order valence-corrected chi connectivity index (χ4v) is 2.66. The first kappa shape index (κ1) is 11.6. The summed E-state index contributed by atoms with van der Waals surface area (Å²) >= 11 is 0. The number of hydrogen-bond donors (Lipinski definition) is 1. The summed E-state index contributed by atoms with van der Waals surface area (Å²) in [6, 6.07) is 0. The lowest BCUT2D eigenvalue weighted by Crippen LogP contribution is -2.42. The maximum atomic E-state index is 6.53. The number of imidazole rings is 1. The molecule has 1 saturated carbocycles. The summed E-state index contributed by atoms with van der Waals surface area (Å²) in [5.41, 5.74) is 6.50. The highest BCUT2D eigenvalue weighted by atomic mass is 15.0. The van der Waals surface area contributed by atoms with Gasteiger partial charge in [-0.05, 0) is 25.2 Å². The predicted octanol–water partition coefficient (Wildman–Crippen LogP) is 2.26. The Morgan fingerprint density at radius 1 is 1.50 bits per heavy atom. The molecule has 1 aromatic heterocycles. The highest BCUT2D eigenvalue weighted by Gasteiger charge is 2.29. The Balaban J connectivity index is 2.04. The van der Waals surface area contributed by atoms with Gasteiger partial charge in [0.1, 0.15) is 5.82 Å². The number of hydrogen-bond acceptors (Lipinski definition) is 2. The first-order valence-corrected chi connectivity index (χ1v) is 6.34. The Kier molecular flexibility index (Phi) is 3.33. The van der Waals surface area contributed by atoms with Gasteiger partial charge in [-0.1, -0.05) is 19.8 Å². The standard InChI is InChI=1S/C13H23N3/c1-11-4-3-6-13(14,7-5-11)10-12-15-8-9-16(12)2/h8-9,11H,3-7,10,14H2,1-2H3. The van der Waals surface area contributed by atoms with Gasteiger partial charge in [0.05, 0.1) is 0 Å². The zero-order chi connectivity index (χ0) is 11.6. The van der Waals surface area contributed by atoms with E-state index in [1.807, 2.05) is 19.4 Å². The van der Waals surface area contributed by atoms with Crippen LogP contribution < -0.4 is 5.73 Å². The SMILES string of the molecule is CC1CCCC(N)(Cc2nccn2C)CC1. The van der Waals surface area contributed by atoms with Gasteiger partial charge in [-0.2, -0.15) is 0 Å². The van der Waals surface area contributed by atoms with Crippen LogP contribution in [0.4, 0.5) is 0 Å². The van der Waals surface area contributed by atoms with Crippen LogP contribution in [0.25, 0.3) is 0 Å². The third-order valence-corrected chi connectivity index (χ3v) is 3.94. The van der Waals surface area contributed by atoms with Gasteiger partial charge < -0.3 is 10.3 Å². The van der Waals surface area contributed by atoms with Gasteiger partial charge in [-0.15, -0.1) is 0 Å². The van der Waals surface area contributed by atoms with Gasteiger partial charge in [0.15, 0.2) is 0 Å². The Morgan fingerprint density at radius 3 is 3.00 bits per heavy atom. The fraction of sp³-hybridized carbons (Fsp3) is 0.769. The highest BCUT2D eigenvalue weighted by molar-refractivity contribution is 5.01. The van der Waals surface area contributed by atoms with Gasteiger partial charge in [-0.25, -0.2) is 4.98 Å². The van der Waals surface area contributed by atoms with Crippen LogP contribution in [0.5, 0.6) is 0 Å². The van der Waals surface area contributed by atoms with Crippen molar-refractivity contribution in [3.8, 4) is 0 Å². The van der Waals surface area contributed by atoms with Crippen molar-refractivity contribution < 1.29 is 0 Å². The first-order chi connectivity index (χ1) is 7.59. The van der Waals surface area contributed by atoms with E-state index in [9.17, 15) is 0 Å². The summed E-state index contributed by atoms with van der Waals surface area (Å²) in [7, 11) is 2.05. The molecule has 0 spiro atoms. The zero-order valence-corrected chi connectivity index (χ0v) is 10.4. The van der Waals surface area contributed by atoms with Crippen LogP contribution >= 0.6 is 0 Å². The second-order valence-electron chi connectivity index (χ2n) is 5.53. The molecule has 90 valence electrons. The Morgan fingerprint density at radius 2 is 2.31 bits per heavy atom. The molecule has 0 radical (unpaired) electrons. The van der Waals surface area contributed by atoms with Gasteiger partial charge in [0.25, 0.3) is 0 Å². The number of nitrogens with zero attached hydrogens (tertiary/aromatic N) is 2. The third kappa shape index (κ3) is 2.64. The molecule has 1 heterocycles. The molecule has 2 atom stereocenters. The number of nitrogens with two attached hydrogens (primary N) is 1. The molecule has 1 fully saturated rings. The van der Waals surface area contributed by atoms with Crippen molar-refractivity contribution in [2.45, 2.75) is 51.0 Å². The molecule has 16 heavy (non-hydrogen) atoms. The topological polar surface area (TPSA) is 43.8 Å². The van der Waals surface area contributed by atoms with E-state index in [2.05, 4.69) is 16.5 Å². The van der Waals surface area contributed by atoms with E-state index in [0.29, 0.717) is 0 Å². The summed E-state index contributed by atoms with van der Waals surface area (Å²) in [6.45, 7) is 2.34. The Bertz CT molecular complexity index is 345. The van der Waals surface area contributed by atoms with E-state index in [-0.39, 0.29) is 5.54 Å². The maximum Gasteiger partial charge on any atom is 0.110 e. The monoisotopic (exact) mass is 221 g/mol. The first-order valence-electron chi connectivity index (χ1n) is 6.34. The second-order valence-corrected chi connectivity index (χ2v) is 5.53. The van der Waals surface area contributed by atoms with Gasteiger partial charge in [0.2, 0.25) is 0 Å². The van der Waals surface area contributed by atoms with Gasteiger partial charge >= 0.3 is 0 Å². The average Bonchev–Trinajstić information content (AvgIpc) is 2.53. The number of rotatable bonds is 2. The smallest absolute Gasteiger partial charge is 0.110 e. The van der Waals surface area contributed by atoms with Crippen LogP contribution in [0.3, 0.4) is 0 Å². The summed E-state index contributed by atoms with van der Waals surface area (Å²) in [4.78, 5) is 4.39. The normalized spacial score (nSPS) is 31.3. The largest absolute Gasteiger partial charge is 0.338 e. The summed E-state index contributed by atoms with van der Waals surface area (Å²) in [5, 5.41) is 0. The van der Waals surface area contributed by atoms with Crippen LogP contribution in [0, 0.1) is 5.92 Å². The van der Waals surface area contributed by atoms with Crippen molar-refractivity contribution in [1.29, 1.82) is 0 Å². The number of aromatic nitrogens is 2. The van der Waals surface area contributed by atoms with Crippen molar-refractivity contribution in [3.05, 3.63) is 18.2 Å². The van der Waals surface area contributed by atoms with Gasteiger partial charge in [0, 0.05) is 31.4 Å². The third-order valence-electron chi connectivity index (χ3n) is 3.94. The van der Waals surface area contributed by atoms with Crippen molar-refractivity contribution in [2.75, 3.05) is 0 Å². The predicted molar refractivity (Wildman–Crippen MR) is 66.1 cm³/mol.